The fraction of sp³-hybridized carbons (Fsp3) is 0.333. The largest absolute Gasteiger partial charge is 0.383 e. The molecule has 3 N–H and O–H groups in total. The van der Waals surface area contributed by atoms with E-state index in [4.69, 9.17) is 22.1 Å². The van der Waals surface area contributed by atoms with E-state index in [0.29, 0.717) is 10.8 Å². The van der Waals surface area contributed by atoms with Gasteiger partial charge in [0.1, 0.15) is 17.9 Å². The molecule has 0 bridgehead atoms. The maximum absolute atomic E-state index is 12.2. The summed E-state index contributed by atoms with van der Waals surface area (Å²) in [5.41, 5.74) is 6.66. The Kier molecular flexibility index (Phi) is 5.54. The average Bonchev–Trinajstić information content (AvgIpc) is 2.92. The quantitative estimate of drug-likeness (QED) is 0.838. The van der Waals surface area contributed by atoms with E-state index in [1.807, 2.05) is 29.9 Å². The molecule has 2 rings (SSSR count). The van der Waals surface area contributed by atoms with Crippen molar-refractivity contribution in [1.29, 1.82) is 0 Å². The third kappa shape index (κ3) is 3.85. The zero-order chi connectivity index (χ0) is 16.1. The Morgan fingerprint density at radius 1 is 1.45 bits per heavy atom. The molecular formula is C15H19ClN4O2. The molecule has 118 valence electrons. The van der Waals surface area contributed by atoms with Gasteiger partial charge in [0.2, 0.25) is 5.91 Å². The van der Waals surface area contributed by atoms with Crippen molar-refractivity contribution in [2.45, 2.75) is 12.1 Å². The minimum Gasteiger partial charge on any atom is -0.383 e. The van der Waals surface area contributed by atoms with Crippen LogP contribution in [-0.4, -0.2) is 35.2 Å². The number of nitrogens with zero attached hydrogens (tertiary/aromatic N) is 2. The molecule has 0 saturated heterocycles. The van der Waals surface area contributed by atoms with Crippen LogP contribution in [0.2, 0.25) is 5.02 Å². The number of methoxy groups -OCH3 is 1. The number of amides is 1. The monoisotopic (exact) mass is 322 g/mol. The van der Waals surface area contributed by atoms with Crippen LogP contribution in [0.4, 0.5) is 0 Å². The number of halogens is 1. The van der Waals surface area contributed by atoms with Gasteiger partial charge < -0.3 is 20.4 Å². The SMILES string of the molecule is COCC(N)C(=O)NC(c1ccc(Cl)cc1)c1nccn1C. The van der Waals surface area contributed by atoms with Crippen molar-refractivity contribution in [1.82, 2.24) is 14.9 Å². The molecule has 1 aromatic carbocycles. The summed E-state index contributed by atoms with van der Waals surface area (Å²) < 4.78 is 6.77. The van der Waals surface area contributed by atoms with E-state index < -0.39 is 12.1 Å². The number of rotatable bonds is 6. The predicted molar refractivity (Wildman–Crippen MR) is 84.5 cm³/mol. The highest BCUT2D eigenvalue weighted by molar-refractivity contribution is 6.30. The third-order valence-electron chi connectivity index (χ3n) is 3.29. The minimum absolute atomic E-state index is 0.153. The number of carbonyl (C=O) groups excluding carboxylic acids is 1. The highest BCUT2D eigenvalue weighted by atomic mass is 35.5. The average molecular weight is 323 g/mol. The number of hydrogen-bond acceptors (Lipinski definition) is 4. The van der Waals surface area contributed by atoms with E-state index in [1.165, 1.54) is 7.11 Å². The summed E-state index contributed by atoms with van der Waals surface area (Å²) in [4.78, 5) is 16.5. The van der Waals surface area contributed by atoms with Crippen molar-refractivity contribution in [3.05, 3.63) is 53.1 Å². The maximum atomic E-state index is 12.2. The molecule has 0 saturated carbocycles. The Labute approximate surface area is 134 Å². The molecule has 0 aliphatic carbocycles. The van der Waals surface area contributed by atoms with Gasteiger partial charge in [-0.1, -0.05) is 23.7 Å². The molecule has 0 fully saturated rings. The lowest BCUT2D eigenvalue weighted by molar-refractivity contribution is -0.124. The van der Waals surface area contributed by atoms with Crippen LogP contribution in [0, 0.1) is 0 Å². The predicted octanol–water partition coefficient (Wildman–Crippen LogP) is 1.25. The zero-order valence-electron chi connectivity index (χ0n) is 12.5. The Balaban J connectivity index is 2.28. The molecule has 2 atom stereocenters. The van der Waals surface area contributed by atoms with E-state index in [0.717, 1.165) is 5.56 Å². The number of hydrogen-bond donors (Lipinski definition) is 2. The molecule has 0 aliphatic rings. The first-order chi connectivity index (χ1) is 10.5. The molecule has 2 unspecified atom stereocenters. The van der Waals surface area contributed by atoms with Crippen molar-refractivity contribution < 1.29 is 9.53 Å². The highest BCUT2D eigenvalue weighted by Crippen LogP contribution is 2.22. The lowest BCUT2D eigenvalue weighted by Crippen LogP contribution is -2.45. The molecule has 6 nitrogen and oxygen atoms in total. The van der Waals surface area contributed by atoms with Crippen LogP contribution in [0.15, 0.2) is 36.7 Å². The van der Waals surface area contributed by atoms with Gasteiger partial charge in [-0.3, -0.25) is 4.79 Å². The smallest absolute Gasteiger partial charge is 0.240 e. The summed E-state index contributed by atoms with van der Waals surface area (Å²) in [5.74, 6) is 0.407. The number of benzene rings is 1. The number of ether oxygens (including phenoxy) is 1. The van der Waals surface area contributed by atoms with Gasteiger partial charge in [0, 0.05) is 31.6 Å². The van der Waals surface area contributed by atoms with Crippen LogP contribution in [0.5, 0.6) is 0 Å². The molecule has 0 spiro atoms. The standard InChI is InChI=1S/C15H19ClN4O2/c1-20-8-7-18-14(20)13(10-3-5-11(16)6-4-10)19-15(21)12(17)9-22-2/h3-8,12-13H,9,17H2,1-2H3,(H,19,21). The Bertz CT molecular complexity index is 627. The maximum Gasteiger partial charge on any atom is 0.240 e. The molecule has 0 radical (unpaired) electrons. The molecule has 22 heavy (non-hydrogen) atoms. The van der Waals surface area contributed by atoms with Crippen molar-refractivity contribution in [3.63, 3.8) is 0 Å². The van der Waals surface area contributed by atoms with Crippen molar-refractivity contribution in [2.75, 3.05) is 13.7 Å². The minimum atomic E-state index is -0.736. The van der Waals surface area contributed by atoms with E-state index in [9.17, 15) is 4.79 Å². The van der Waals surface area contributed by atoms with Crippen LogP contribution < -0.4 is 11.1 Å². The summed E-state index contributed by atoms with van der Waals surface area (Å²) in [6.07, 6.45) is 3.50. The second kappa shape index (κ2) is 7.40. The number of aromatic nitrogens is 2. The highest BCUT2D eigenvalue weighted by Gasteiger charge is 2.23. The summed E-state index contributed by atoms with van der Waals surface area (Å²) >= 11 is 5.93. The van der Waals surface area contributed by atoms with E-state index in [2.05, 4.69) is 10.3 Å². The number of nitrogens with one attached hydrogen (secondary N) is 1. The van der Waals surface area contributed by atoms with Gasteiger partial charge in [-0.15, -0.1) is 0 Å². The first kappa shape index (κ1) is 16.5. The first-order valence-corrected chi connectivity index (χ1v) is 7.18. The number of carbonyl (C=O) groups is 1. The fourth-order valence-corrected chi connectivity index (χ4v) is 2.24. The molecule has 0 aliphatic heterocycles. The number of imidazole rings is 1. The molecule has 2 aromatic rings. The topological polar surface area (TPSA) is 82.2 Å². The van der Waals surface area contributed by atoms with Crippen molar-refractivity contribution in [3.8, 4) is 0 Å². The normalized spacial score (nSPS) is 13.6. The lowest BCUT2D eigenvalue weighted by atomic mass is 10.1. The molecule has 1 heterocycles. The Morgan fingerprint density at radius 2 is 2.14 bits per heavy atom. The summed E-state index contributed by atoms with van der Waals surface area (Å²) in [6, 6.07) is 6.10. The zero-order valence-corrected chi connectivity index (χ0v) is 13.2. The Morgan fingerprint density at radius 3 is 2.68 bits per heavy atom. The second-order valence-corrected chi connectivity index (χ2v) is 5.39. The summed E-state index contributed by atoms with van der Waals surface area (Å²) in [6.45, 7) is 0.153. The summed E-state index contributed by atoms with van der Waals surface area (Å²) in [5, 5.41) is 3.54. The van der Waals surface area contributed by atoms with E-state index in [-0.39, 0.29) is 12.5 Å². The van der Waals surface area contributed by atoms with Crippen molar-refractivity contribution >= 4 is 17.5 Å². The van der Waals surface area contributed by atoms with Gasteiger partial charge >= 0.3 is 0 Å². The Hall–Kier alpha value is -1.89. The molecule has 1 aromatic heterocycles. The van der Waals surface area contributed by atoms with Crippen molar-refractivity contribution in [2.24, 2.45) is 12.8 Å². The van der Waals surface area contributed by atoms with Gasteiger partial charge in [0.05, 0.1) is 6.61 Å². The van der Waals surface area contributed by atoms with Crippen LogP contribution in [-0.2, 0) is 16.6 Å². The second-order valence-electron chi connectivity index (χ2n) is 4.95. The van der Waals surface area contributed by atoms with Gasteiger partial charge in [-0.05, 0) is 17.7 Å². The third-order valence-corrected chi connectivity index (χ3v) is 3.54. The van der Waals surface area contributed by atoms with Crippen LogP contribution in [0.25, 0.3) is 0 Å². The van der Waals surface area contributed by atoms with Gasteiger partial charge in [-0.2, -0.15) is 0 Å². The summed E-state index contributed by atoms with van der Waals surface area (Å²) in [7, 11) is 3.37. The van der Waals surface area contributed by atoms with Gasteiger partial charge in [-0.25, -0.2) is 4.98 Å². The van der Waals surface area contributed by atoms with Gasteiger partial charge in [0.25, 0.3) is 0 Å². The van der Waals surface area contributed by atoms with E-state index in [1.54, 1.807) is 18.3 Å². The van der Waals surface area contributed by atoms with E-state index >= 15 is 0 Å². The van der Waals surface area contributed by atoms with Gasteiger partial charge in [0.15, 0.2) is 0 Å². The van der Waals surface area contributed by atoms with Crippen LogP contribution >= 0.6 is 11.6 Å². The number of nitrogens with two attached hydrogens (primary N) is 1. The fourth-order valence-electron chi connectivity index (χ4n) is 2.11. The van der Waals surface area contributed by atoms with Crippen LogP contribution in [0.1, 0.15) is 17.4 Å². The lowest BCUT2D eigenvalue weighted by Gasteiger charge is -2.21. The van der Waals surface area contributed by atoms with Crippen LogP contribution in [0.3, 0.4) is 0 Å². The number of aryl methyl sites for hydroxylation is 1. The molecule has 1 amide bonds. The molecular weight excluding hydrogens is 304 g/mol. The molecule has 7 heteroatoms. The first-order valence-electron chi connectivity index (χ1n) is 6.80.